The largest absolute Gasteiger partial charge is 0.380 e. The Bertz CT molecular complexity index is 205. The highest BCUT2D eigenvalue weighted by atomic mass is 16.5. The summed E-state index contributed by atoms with van der Waals surface area (Å²) in [5, 5.41) is 0. The maximum atomic E-state index is 5.62. The van der Waals surface area contributed by atoms with Crippen molar-refractivity contribution in [3.05, 3.63) is 0 Å². The predicted octanol–water partition coefficient (Wildman–Crippen LogP) is 0.0725. The molecular weight excluding hydrogens is 192 g/mol. The van der Waals surface area contributed by atoms with Gasteiger partial charge in [0.25, 0.3) is 0 Å². The maximum absolute atomic E-state index is 5.62. The molecule has 1 unspecified atom stereocenters. The Hall–Kier alpha value is -0.160. The standard InChI is InChI=1S/C11H22N2O2/c1-11(8-15-9-11)7-13-4-5-14-6-10(13)2-3-12/h10H,2-9,12H2,1H3. The molecule has 2 fully saturated rings. The minimum absolute atomic E-state index is 0.365. The van der Waals surface area contributed by atoms with Crippen LogP contribution < -0.4 is 5.73 Å². The van der Waals surface area contributed by atoms with E-state index in [1.165, 1.54) is 0 Å². The number of nitrogens with zero attached hydrogens (tertiary/aromatic N) is 1. The van der Waals surface area contributed by atoms with Crippen LogP contribution in [0.3, 0.4) is 0 Å². The summed E-state index contributed by atoms with van der Waals surface area (Å²) in [6.45, 7) is 8.72. The zero-order valence-corrected chi connectivity index (χ0v) is 9.58. The first-order valence-corrected chi connectivity index (χ1v) is 5.83. The highest BCUT2D eigenvalue weighted by Crippen LogP contribution is 2.29. The first kappa shape index (κ1) is 11.3. The van der Waals surface area contributed by atoms with Crippen LogP contribution in [0.15, 0.2) is 0 Å². The fourth-order valence-corrected chi connectivity index (χ4v) is 2.39. The summed E-state index contributed by atoms with van der Waals surface area (Å²) in [5.41, 5.74) is 5.99. The predicted molar refractivity (Wildman–Crippen MR) is 58.8 cm³/mol. The van der Waals surface area contributed by atoms with Crippen LogP contribution in [-0.2, 0) is 9.47 Å². The van der Waals surface area contributed by atoms with Crippen molar-refractivity contribution in [1.82, 2.24) is 4.90 Å². The Morgan fingerprint density at radius 3 is 2.80 bits per heavy atom. The lowest BCUT2D eigenvalue weighted by molar-refractivity contribution is -0.131. The Labute approximate surface area is 91.7 Å². The zero-order valence-electron chi connectivity index (χ0n) is 9.58. The number of hydrogen-bond acceptors (Lipinski definition) is 4. The van der Waals surface area contributed by atoms with Crippen LogP contribution in [0.2, 0.25) is 0 Å². The number of morpholine rings is 1. The van der Waals surface area contributed by atoms with Gasteiger partial charge in [0.2, 0.25) is 0 Å². The second-order valence-electron chi connectivity index (χ2n) is 5.08. The van der Waals surface area contributed by atoms with E-state index in [0.717, 1.165) is 52.5 Å². The van der Waals surface area contributed by atoms with Gasteiger partial charge in [0.15, 0.2) is 0 Å². The van der Waals surface area contributed by atoms with Gasteiger partial charge in [-0.2, -0.15) is 0 Å². The first-order chi connectivity index (χ1) is 7.23. The highest BCUT2D eigenvalue weighted by Gasteiger charge is 2.37. The minimum Gasteiger partial charge on any atom is -0.380 e. The van der Waals surface area contributed by atoms with E-state index in [1.807, 2.05) is 0 Å². The summed E-state index contributed by atoms with van der Waals surface area (Å²) in [5.74, 6) is 0. The molecule has 2 saturated heterocycles. The average molecular weight is 214 g/mol. The van der Waals surface area contributed by atoms with Gasteiger partial charge in [0, 0.05) is 24.5 Å². The van der Waals surface area contributed by atoms with Gasteiger partial charge < -0.3 is 15.2 Å². The van der Waals surface area contributed by atoms with Crippen molar-refractivity contribution in [3.63, 3.8) is 0 Å². The fraction of sp³-hybridized carbons (Fsp3) is 1.00. The molecule has 2 N–H and O–H groups in total. The van der Waals surface area contributed by atoms with Crippen LogP contribution in [0.1, 0.15) is 13.3 Å². The summed E-state index contributed by atoms with van der Waals surface area (Å²) >= 11 is 0. The van der Waals surface area contributed by atoms with Crippen LogP contribution in [0, 0.1) is 5.41 Å². The third kappa shape index (κ3) is 2.69. The van der Waals surface area contributed by atoms with E-state index in [2.05, 4.69) is 11.8 Å². The molecule has 0 radical (unpaired) electrons. The summed E-state index contributed by atoms with van der Waals surface area (Å²) in [6.07, 6.45) is 1.04. The van der Waals surface area contributed by atoms with Crippen molar-refractivity contribution in [2.45, 2.75) is 19.4 Å². The van der Waals surface area contributed by atoms with E-state index in [1.54, 1.807) is 0 Å². The molecule has 1 atom stereocenters. The molecule has 0 bridgehead atoms. The molecule has 0 spiro atoms. The maximum Gasteiger partial charge on any atom is 0.0622 e. The topological polar surface area (TPSA) is 47.7 Å². The third-order valence-corrected chi connectivity index (χ3v) is 3.34. The Kier molecular flexibility index (Phi) is 3.61. The monoisotopic (exact) mass is 214 g/mol. The second-order valence-corrected chi connectivity index (χ2v) is 5.08. The molecule has 0 aromatic carbocycles. The van der Waals surface area contributed by atoms with Crippen LogP contribution in [-0.4, -0.2) is 57.0 Å². The average Bonchev–Trinajstić information content (AvgIpc) is 2.19. The van der Waals surface area contributed by atoms with Crippen LogP contribution in [0.25, 0.3) is 0 Å². The van der Waals surface area contributed by atoms with Crippen molar-refractivity contribution < 1.29 is 9.47 Å². The normalized spacial score (nSPS) is 31.2. The second kappa shape index (κ2) is 4.78. The quantitative estimate of drug-likeness (QED) is 0.719. The van der Waals surface area contributed by atoms with Gasteiger partial charge in [-0.05, 0) is 13.0 Å². The number of hydrogen-bond donors (Lipinski definition) is 1. The van der Waals surface area contributed by atoms with Gasteiger partial charge in [-0.15, -0.1) is 0 Å². The smallest absolute Gasteiger partial charge is 0.0622 e. The summed E-state index contributed by atoms with van der Waals surface area (Å²) in [4.78, 5) is 2.53. The van der Waals surface area contributed by atoms with E-state index >= 15 is 0 Å². The van der Waals surface area contributed by atoms with Crippen LogP contribution >= 0.6 is 0 Å². The Morgan fingerprint density at radius 1 is 1.40 bits per heavy atom. The van der Waals surface area contributed by atoms with Gasteiger partial charge in [0.1, 0.15) is 0 Å². The minimum atomic E-state index is 0.365. The molecule has 15 heavy (non-hydrogen) atoms. The van der Waals surface area contributed by atoms with Crippen molar-refractivity contribution >= 4 is 0 Å². The molecule has 2 rings (SSSR count). The van der Waals surface area contributed by atoms with E-state index < -0.39 is 0 Å². The van der Waals surface area contributed by atoms with Gasteiger partial charge >= 0.3 is 0 Å². The Morgan fingerprint density at radius 2 is 2.20 bits per heavy atom. The summed E-state index contributed by atoms with van der Waals surface area (Å²) in [7, 11) is 0. The lowest BCUT2D eigenvalue weighted by atomic mass is 9.87. The van der Waals surface area contributed by atoms with Crippen LogP contribution in [0.5, 0.6) is 0 Å². The first-order valence-electron chi connectivity index (χ1n) is 5.83. The van der Waals surface area contributed by atoms with Crippen molar-refractivity contribution in [3.8, 4) is 0 Å². The number of rotatable bonds is 4. The molecule has 2 aliphatic rings. The molecule has 0 saturated carbocycles. The fourth-order valence-electron chi connectivity index (χ4n) is 2.39. The molecular formula is C11H22N2O2. The Balaban J connectivity index is 1.86. The van der Waals surface area contributed by atoms with Gasteiger partial charge in [-0.25, -0.2) is 0 Å². The third-order valence-electron chi connectivity index (χ3n) is 3.34. The van der Waals surface area contributed by atoms with Crippen molar-refractivity contribution in [2.24, 2.45) is 11.1 Å². The molecule has 2 heterocycles. The van der Waals surface area contributed by atoms with E-state index in [9.17, 15) is 0 Å². The molecule has 0 amide bonds. The van der Waals surface area contributed by atoms with E-state index in [4.69, 9.17) is 15.2 Å². The van der Waals surface area contributed by atoms with Crippen LogP contribution in [0.4, 0.5) is 0 Å². The molecule has 88 valence electrons. The van der Waals surface area contributed by atoms with Gasteiger partial charge in [-0.1, -0.05) is 6.92 Å². The molecule has 4 nitrogen and oxygen atoms in total. The van der Waals surface area contributed by atoms with Crippen molar-refractivity contribution in [1.29, 1.82) is 0 Å². The molecule has 0 aliphatic carbocycles. The van der Waals surface area contributed by atoms with E-state index in [0.29, 0.717) is 11.5 Å². The highest BCUT2D eigenvalue weighted by molar-refractivity contribution is 4.87. The lowest BCUT2D eigenvalue weighted by Crippen LogP contribution is -2.55. The number of nitrogens with two attached hydrogens (primary N) is 1. The van der Waals surface area contributed by atoms with E-state index in [-0.39, 0.29) is 0 Å². The lowest BCUT2D eigenvalue weighted by Gasteiger charge is -2.45. The van der Waals surface area contributed by atoms with Gasteiger partial charge in [0.05, 0.1) is 26.4 Å². The number of ether oxygens (including phenoxy) is 2. The van der Waals surface area contributed by atoms with Gasteiger partial charge in [-0.3, -0.25) is 4.90 Å². The van der Waals surface area contributed by atoms with Crippen molar-refractivity contribution in [2.75, 3.05) is 46.1 Å². The zero-order chi connectivity index (χ0) is 10.7. The molecule has 2 aliphatic heterocycles. The summed E-state index contributed by atoms with van der Waals surface area (Å²) in [6, 6.07) is 0.515. The summed E-state index contributed by atoms with van der Waals surface area (Å²) < 4.78 is 10.8. The molecule has 0 aromatic rings. The SMILES string of the molecule is CC1(CN2CCOCC2CCN)COC1. The molecule has 4 heteroatoms. The molecule has 0 aromatic heterocycles.